The van der Waals surface area contributed by atoms with E-state index in [4.69, 9.17) is 26.8 Å². The van der Waals surface area contributed by atoms with E-state index in [9.17, 15) is 4.79 Å². The summed E-state index contributed by atoms with van der Waals surface area (Å²) in [4.78, 5) is 18.2. The molecule has 0 saturated carbocycles. The lowest BCUT2D eigenvalue weighted by atomic mass is 9.97. The maximum Gasteiger partial charge on any atom is 0.220 e. The van der Waals surface area contributed by atoms with E-state index in [0.29, 0.717) is 23.9 Å². The van der Waals surface area contributed by atoms with Gasteiger partial charge in [0.05, 0.1) is 13.0 Å². The van der Waals surface area contributed by atoms with Gasteiger partial charge in [-0.1, -0.05) is 23.7 Å². The fourth-order valence-electron chi connectivity index (χ4n) is 3.36. The largest absolute Gasteiger partial charge is 0.490 e. The number of rotatable bonds is 7. The molecule has 2 heterocycles. The van der Waals surface area contributed by atoms with E-state index in [-0.39, 0.29) is 13.0 Å². The molecule has 1 aliphatic heterocycles. The van der Waals surface area contributed by atoms with Gasteiger partial charge < -0.3 is 15.2 Å². The third kappa shape index (κ3) is 5.66. The van der Waals surface area contributed by atoms with Crippen molar-refractivity contribution in [2.24, 2.45) is 5.73 Å². The molecule has 1 aromatic carbocycles. The molecule has 1 aliphatic rings. The van der Waals surface area contributed by atoms with E-state index >= 15 is 0 Å². The molecular formula is C20H24ClN3O3. The minimum atomic E-state index is -0.788. The molecule has 1 fully saturated rings. The summed E-state index contributed by atoms with van der Waals surface area (Å²) in [5.41, 5.74) is 6.95. The minimum Gasteiger partial charge on any atom is -0.490 e. The van der Waals surface area contributed by atoms with Gasteiger partial charge in [-0.05, 0) is 36.2 Å². The second-order valence-electron chi connectivity index (χ2n) is 7.00. The molecule has 144 valence electrons. The van der Waals surface area contributed by atoms with Crippen LogP contribution in [0.1, 0.15) is 17.5 Å². The number of amides is 1. The number of primary amides is 1. The highest BCUT2D eigenvalue weighted by Gasteiger charge is 2.39. The van der Waals surface area contributed by atoms with Crippen molar-refractivity contribution in [1.29, 1.82) is 0 Å². The molecule has 2 aromatic rings. The maximum atomic E-state index is 11.7. The molecule has 0 bridgehead atoms. The van der Waals surface area contributed by atoms with Crippen molar-refractivity contribution >= 4 is 17.5 Å². The first-order valence-electron chi connectivity index (χ1n) is 8.88. The standard InChI is InChI=1S/C20H24ClN3O3/c1-15-7-16(11-23-10-15)12-24-5-6-27-20(13-24,9-19(22)25)14-26-18-4-2-3-17(21)8-18/h2-4,7-8,10-11H,5-6,9,12-14H2,1H3,(H2,22,25)/t20-/m0/s1. The van der Waals surface area contributed by atoms with Crippen molar-refractivity contribution in [3.05, 3.63) is 58.9 Å². The summed E-state index contributed by atoms with van der Waals surface area (Å²) in [6.07, 6.45) is 3.79. The van der Waals surface area contributed by atoms with Crippen LogP contribution in [-0.4, -0.2) is 47.7 Å². The van der Waals surface area contributed by atoms with Crippen LogP contribution in [0, 0.1) is 6.92 Å². The predicted octanol–water partition coefficient (Wildman–Crippen LogP) is 2.57. The van der Waals surface area contributed by atoms with Crippen molar-refractivity contribution in [1.82, 2.24) is 9.88 Å². The number of morpholine rings is 1. The first kappa shape index (κ1) is 19.6. The Bertz CT molecular complexity index is 802. The smallest absolute Gasteiger partial charge is 0.220 e. The number of benzene rings is 1. The van der Waals surface area contributed by atoms with Crippen LogP contribution in [0.5, 0.6) is 5.75 Å². The highest BCUT2D eigenvalue weighted by atomic mass is 35.5. The summed E-state index contributed by atoms with van der Waals surface area (Å²) in [5, 5.41) is 0.592. The monoisotopic (exact) mass is 389 g/mol. The number of ether oxygens (including phenoxy) is 2. The first-order valence-corrected chi connectivity index (χ1v) is 9.25. The molecule has 1 atom stereocenters. The van der Waals surface area contributed by atoms with Crippen LogP contribution in [0.3, 0.4) is 0 Å². The van der Waals surface area contributed by atoms with Crippen LogP contribution in [0.15, 0.2) is 42.7 Å². The second-order valence-corrected chi connectivity index (χ2v) is 7.44. The highest BCUT2D eigenvalue weighted by Crippen LogP contribution is 2.26. The van der Waals surface area contributed by atoms with Gasteiger partial charge in [0.2, 0.25) is 5.91 Å². The Balaban J connectivity index is 1.71. The van der Waals surface area contributed by atoms with Gasteiger partial charge in [0, 0.05) is 37.1 Å². The number of hydrogen-bond acceptors (Lipinski definition) is 5. The third-order valence-electron chi connectivity index (χ3n) is 4.46. The van der Waals surface area contributed by atoms with Crippen LogP contribution < -0.4 is 10.5 Å². The van der Waals surface area contributed by atoms with Crippen LogP contribution in [0.25, 0.3) is 0 Å². The zero-order valence-electron chi connectivity index (χ0n) is 15.4. The van der Waals surface area contributed by atoms with Crippen LogP contribution in [0.2, 0.25) is 5.02 Å². The lowest BCUT2D eigenvalue weighted by molar-refractivity contribution is -0.148. The lowest BCUT2D eigenvalue weighted by Gasteiger charge is -2.42. The zero-order chi connectivity index (χ0) is 19.3. The fourth-order valence-corrected chi connectivity index (χ4v) is 3.54. The maximum absolute atomic E-state index is 11.7. The van der Waals surface area contributed by atoms with Crippen LogP contribution >= 0.6 is 11.6 Å². The van der Waals surface area contributed by atoms with Gasteiger partial charge in [-0.3, -0.25) is 14.7 Å². The Kier molecular flexibility index (Phi) is 6.31. The van der Waals surface area contributed by atoms with Crippen molar-refractivity contribution in [2.45, 2.75) is 25.5 Å². The number of hydrogen-bond donors (Lipinski definition) is 1. The van der Waals surface area contributed by atoms with Crippen LogP contribution in [0.4, 0.5) is 0 Å². The molecule has 3 rings (SSSR count). The van der Waals surface area contributed by atoms with E-state index < -0.39 is 11.5 Å². The van der Waals surface area contributed by atoms with Crippen LogP contribution in [-0.2, 0) is 16.1 Å². The number of aromatic nitrogens is 1. The average Bonchev–Trinajstić information content (AvgIpc) is 2.60. The highest BCUT2D eigenvalue weighted by molar-refractivity contribution is 6.30. The molecule has 27 heavy (non-hydrogen) atoms. The number of carbonyl (C=O) groups excluding carboxylic acids is 1. The Morgan fingerprint density at radius 2 is 2.26 bits per heavy atom. The summed E-state index contributed by atoms with van der Waals surface area (Å²) in [6.45, 7) is 4.79. The number of carbonyl (C=O) groups is 1. The van der Waals surface area contributed by atoms with Crippen molar-refractivity contribution in [3.63, 3.8) is 0 Å². The van der Waals surface area contributed by atoms with Gasteiger partial charge in [-0.15, -0.1) is 0 Å². The SMILES string of the molecule is Cc1cncc(CN2CCO[C@@](COc3cccc(Cl)c3)(CC(N)=O)C2)c1. The van der Waals surface area contributed by atoms with Gasteiger partial charge in [0.25, 0.3) is 0 Å². The number of nitrogens with zero attached hydrogens (tertiary/aromatic N) is 2. The Labute approximate surface area is 164 Å². The van der Waals surface area contributed by atoms with Crippen molar-refractivity contribution < 1.29 is 14.3 Å². The molecule has 1 aromatic heterocycles. The second kappa shape index (κ2) is 8.69. The van der Waals surface area contributed by atoms with Gasteiger partial charge in [-0.25, -0.2) is 0 Å². The van der Waals surface area contributed by atoms with E-state index in [0.717, 1.165) is 24.2 Å². The molecule has 0 radical (unpaired) electrons. The Hall–Kier alpha value is -2.15. The number of nitrogens with two attached hydrogens (primary N) is 1. The molecule has 0 unspecified atom stereocenters. The molecule has 0 aliphatic carbocycles. The van der Waals surface area contributed by atoms with E-state index in [1.54, 1.807) is 12.1 Å². The Morgan fingerprint density at radius 1 is 1.41 bits per heavy atom. The summed E-state index contributed by atoms with van der Waals surface area (Å²) < 4.78 is 11.9. The quantitative estimate of drug-likeness (QED) is 0.787. The minimum absolute atomic E-state index is 0.0934. The summed E-state index contributed by atoms with van der Waals surface area (Å²) in [5.74, 6) is 0.221. The van der Waals surface area contributed by atoms with Gasteiger partial charge in [0.1, 0.15) is 18.0 Å². The molecule has 2 N–H and O–H groups in total. The van der Waals surface area contributed by atoms with E-state index in [1.165, 1.54) is 0 Å². The predicted molar refractivity (Wildman–Crippen MR) is 104 cm³/mol. The van der Waals surface area contributed by atoms with Gasteiger partial charge in [-0.2, -0.15) is 0 Å². The van der Waals surface area contributed by atoms with Gasteiger partial charge in [0.15, 0.2) is 0 Å². The fraction of sp³-hybridized carbons (Fsp3) is 0.400. The lowest BCUT2D eigenvalue weighted by Crippen LogP contribution is -2.56. The summed E-state index contributed by atoms with van der Waals surface area (Å²) in [7, 11) is 0. The van der Waals surface area contributed by atoms with E-state index in [1.807, 2.05) is 31.5 Å². The van der Waals surface area contributed by atoms with Crippen molar-refractivity contribution in [2.75, 3.05) is 26.3 Å². The summed E-state index contributed by atoms with van der Waals surface area (Å²) >= 11 is 6.01. The molecule has 1 amide bonds. The molecule has 6 nitrogen and oxygen atoms in total. The normalized spacial score (nSPS) is 20.4. The molecular weight excluding hydrogens is 366 g/mol. The molecule has 7 heteroatoms. The van der Waals surface area contributed by atoms with Gasteiger partial charge >= 0.3 is 0 Å². The first-order chi connectivity index (χ1) is 12.9. The zero-order valence-corrected chi connectivity index (χ0v) is 16.1. The number of pyridine rings is 1. The number of aryl methyl sites for hydroxylation is 1. The summed E-state index contributed by atoms with van der Waals surface area (Å²) in [6, 6.07) is 9.27. The molecule has 0 spiro atoms. The topological polar surface area (TPSA) is 77.7 Å². The average molecular weight is 390 g/mol. The van der Waals surface area contributed by atoms with Crippen molar-refractivity contribution in [3.8, 4) is 5.75 Å². The number of halogens is 1. The Morgan fingerprint density at radius 3 is 3.00 bits per heavy atom. The third-order valence-corrected chi connectivity index (χ3v) is 4.69. The van der Waals surface area contributed by atoms with E-state index in [2.05, 4.69) is 16.0 Å². The molecule has 1 saturated heterocycles.